The summed E-state index contributed by atoms with van der Waals surface area (Å²) in [5, 5.41) is 6.50. The number of piperidine rings is 1. The average Bonchev–Trinajstić information content (AvgIpc) is 2.99. The molecule has 1 aliphatic rings. The van der Waals surface area contributed by atoms with Crippen LogP contribution in [0.15, 0.2) is 12.4 Å². The minimum atomic E-state index is -0.203. The Bertz CT molecular complexity index is 396. The van der Waals surface area contributed by atoms with E-state index in [1.807, 2.05) is 0 Å². The molecule has 0 aliphatic carbocycles. The highest BCUT2D eigenvalue weighted by molar-refractivity contribution is 5.83. The number of nitrogens with one attached hydrogen (secondary N) is 3. The predicted octanol–water partition coefficient (Wildman–Crippen LogP) is 1.76. The van der Waals surface area contributed by atoms with E-state index in [4.69, 9.17) is 0 Å². The van der Waals surface area contributed by atoms with Gasteiger partial charge in [-0.05, 0) is 38.8 Å². The summed E-state index contributed by atoms with van der Waals surface area (Å²) in [5.41, 5.74) is -0.203. The van der Waals surface area contributed by atoms with E-state index >= 15 is 0 Å². The van der Waals surface area contributed by atoms with Crippen LogP contribution >= 0.6 is 0 Å². The Labute approximate surface area is 114 Å². The van der Waals surface area contributed by atoms with Crippen LogP contribution in [0.25, 0.3) is 0 Å². The Balaban J connectivity index is 2.06. The molecule has 5 heteroatoms. The topological polar surface area (TPSA) is 69.8 Å². The molecule has 2 rings (SSSR count). The molecule has 1 aromatic heterocycles. The summed E-state index contributed by atoms with van der Waals surface area (Å²) in [6, 6.07) is -0.0131. The number of carbonyl (C=O) groups is 1. The number of hydrogen-bond donors (Lipinski definition) is 3. The first-order valence-corrected chi connectivity index (χ1v) is 7.23. The number of imidazole rings is 1. The lowest BCUT2D eigenvalue weighted by molar-refractivity contribution is -0.133. The molecular weight excluding hydrogens is 240 g/mol. The SMILES string of the molecule is CCC(NC(=O)C1(CC)CCNCC1)c1ncc[nH]1. The van der Waals surface area contributed by atoms with Crippen molar-refractivity contribution in [3.63, 3.8) is 0 Å². The van der Waals surface area contributed by atoms with Crippen LogP contribution in [-0.4, -0.2) is 29.0 Å². The van der Waals surface area contributed by atoms with Gasteiger partial charge in [0.1, 0.15) is 5.82 Å². The van der Waals surface area contributed by atoms with Crippen LogP contribution in [0.5, 0.6) is 0 Å². The molecule has 0 radical (unpaired) electrons. The predicted molar refractivity (Wildman–Crippen MR) is 74.6 cm³/mol. The molecule has 19 heavy (non-hydrogen) atoms. The molecule has 1 fully saturated rings. The Kier molecular flexibility index (Phi) is 4.58. The number of rotatable bonds is 5. The van der Waals surface area contributed by atoms with Crippen LogP contribution in [0.3, 0.4) is 0 Å². The van der Waals surface area contributed by atoms with Crippen molar-refractivity contribution in [1.82, 2.24) is 20.6 Å². The summed E-state index contributed by atoms with van der Waals surface area (Å²) >= 11 is 0. The normalized spacial score (nSPS) is 19.9. The van der Waals surface area contributed by atoms with Gasteiger partial charge in [0.25, 0.3) is 0 Å². The van der Waals surface area contributed by atoms with Gasteiger partial charge in [-0.3, -0.25) is 4.79 Å². The van der Waals surface area contributed by atoms with Crippen molar-refractivity contribution in [2.45, 2.75) is 45.6 Å². The highest BCUT2D eigenvalue weighted by Gasteiger charge is 2.38. The van der Waals surface area contributed by atoms with E-state index in [1.165, 1.54) is 0 Å². The molecule has 2 heterocycles. The van der Waals surface area contributed by atoms with Crippen LogP contribution in [0, 0.1) is 5.41 Å². The lowest BCUT2D eigenvalue weighted by Crippen LogP contribution is -2.48. The Morgan fingerprint density at radius 3 is 2.74 bits per heavy atom. The fraction of sp³-hybridized carbons (Fsp3) is 0.714. The zero-order chi connectivity index (χ0) is 13.7. The van der Waals surface area contributed by atoms with Crippen LogP contribution in [0.1, 0.15) is 51.4 Å². The molecule has 1 amide bonds. The van der Waals surface area contributed by atoms with Crippen molar-refractivity contribution in [3.8, 4) is 0 Å². The summed E-state index contributed by atoms with van der Waals surface area (Å²) in [7, 11) is 0. The first-order chi connectivity index (χ1) is 9.22. The van der Waals surface area contributed by atoms with E-state index in [0.29, 0.717) is 0 Å². The highest BCUT2D eigenvalue weighted by Crippen LogP contribution is 2.33. The van der Waals surface area contributed by atoms with Gasteiger partial charge in [0.05, 0.1) is 11.5 Å². The molecule has 0 saturated carbocycles. The molecule has 106 valence electrons. The quantitative estimate of drug-likeness (QED) is 0.759. The number of aromatic nitrogens is 2. The van der Waals surface area contributed by atoms with Crippen molar-refractivity contribution in [2.24, 2.45) is 5.41 Å². The molecule has 1 atom stereocenters. The van der Waals surface area contributed by atoms with Gasteiger partial charge >= 0.3 is 0 Å². The molecule has 1 saturated heterocycles. The molecule has 5 nitrogen and oxygen atoms in total. The molecule has 1 aliphatic heterocycles. The van der Waals surface area contributed by atoms with Crippen molar-refractivity contribution in [2.75, 3.05) is 13.1 Å². The Hall–Kier alpha value is -1.36. The van der Waals surface area contributed by atoms with Crippen molar-refractivity contribution < 1.29 is 4.79 Å². The second-order valence-electron chi connectivity index (χ2n) is 5.29. The number of aromatic amines is 1. The van der Waals surface area contributed by atoms with Crippen molar-refractivity contribution in [3.05, 3.63) is 18.2 Å². The monoisotopic (exact) mass is 264 g/mol. The number of carbonyl (C=O) groups excluding carboxylic acids is 1. The third kappa shape index (κ3) is 2.97. The maximum absolute atomic E-state index is 12.6. The second kappa shape index (κ2) is 6.19. The largest absolute Gasteiger partial charge is 0.347 e. The van der Waals surface area contributed by atoms with Crippen LogP contribution in [-0.2, 0) is 4.79 Å². The highest BCUT2D eigenvalue weighted by atomic mass is 16.2. The average molecular weight is 264 g/mol. The lowest BCUT2D eigenvalue weighted by atomic mass is 9.75. The maximum Gasteiger partial charge on any atom is 0.226 e. The van der Waals surface area contributed by atoms with E-state index in [2.05, 4.69) is 34.4 Å². The maximum atomic E-state index is 12.6. The zero-order valence-corrected chi connectivity index (χ0v) is 11.8. The van der Waals surface area contributed by atoms with Crippen LogP contribution < -0.4 is 10.6 Å². The lowest BCUT2D eigenvalue weighted by Gasteiger charge is -2.36. The molecular formula is C14H24N4O. The number of H-pyrrole nitrogens is 1. The van der Waals surface area contributed by atoms with Crippen LogP contribution in [0.2, 0.25) is 0 Å². The summed E-state index contributed by atoms with van der Waals surface area (Å²) in [4.78, 5) is 20.0. The third-order valence-electron chi connectivity index (χ3n) is 4.28. The minimum absolute atomic E-state index is 0.0131. The summed E-state index contributed by atoms with van der Waals surface area (Å²) < 4.78 is 0. The van der Waals surface area contributed by atoms with Crippen molar-refractivity contribution >= 4 is 5.91 Å². The smallest absolute Gasteiger partial charge is 0.226 e. The van der Waals surface area contributed by atoms with Gasteiger partial charge in [-0.2, -0.15) is 0 Å². The van der Waals surface area contributed by atoms with Crippen molar-refractivity contribution in [1.29, 1.82) is 0 Å². The van der Waals surface area contributed by atoms with E-state index in [1.54, 1.807) is 12.4 Å². The minimum Gasteiger partial charge on any atom is -0.347 e. The fourth-order valence-corrected chi connectivity index (χ4v) is 2.79. The van der Waals surface area contributed by atoms with E-state index in [9.17, 15) is 4.79 Å². The number of hydrogen-bond acceptors (Lipinski definition) is 3. The first-order valence-electron chi connectivity index (χ1n) is 7.23. The van der Waals surface area contributed by atoms with Gasteiger partial charge in [-0.25, -0.2) is 4.98 Å². The molecule has 3 N–H and O–H groups in total. The third-order valence-corrected chi connectivity index (χ3v) is 4.28. The van der Waals surface area contributed by atoms with Gasteiger partial charge in [0.15, 0.2) is 0 Å². The summed E-state index contributed by atoms with van der Waals surface area (Å²) in [6.45, 7) is 6.03. The molecule has 0 bridgehead atoms. The molecule has 1 unspecified atom stereocenters. The van der Waals surface area contributed by atoms with Gasteiger partial charge in [0.2, 0.25) is 5.91 Å². The van der Waals surface area contributed by atoms with Gasteiger partial charge < -0.3 is 15.6 Å². The molecule has 0 aromatic carbocycles. The van der Waals surface area contributed by atoms with Crippen LogP contribution in [0.4, 0.5) is 0 Å². The molecule has 1 aromatic rings. The second-order valence-corrected chi connectivity index (χ2v) is 5.29. The van der Waals surface area contributed by atoms with E-state index < -0.39 is 0 Å². The van der Waals surface area contributed by atoms with E-state index in [-0.39, 0.29) is 17.4 Å². The fourth-order valence-electron chi connectivity index (χ4n) is 2.79. The first kappa shape index (κ1) is 14.1. The Morgan fingerprint density at radius 2 is 2.21 bits per heavy atom. The number of nitrogens with zero attached hydrogens (tertiary/aromatic N) is 1. The molecule has 0 spiro atoms. The van der Waals surface area contributed by atoms with Gasteiger partial charge in [-0.15, -0.1) is 0 Å². The summed E-state index contributed by atoms with van der Waals surface area (Å²) in [6.07, 6.45) is 7.11. The van der Waals surface area contributed by atoms with Gasteiger partial charge in [-0.1, -0.05) is 13.8 Å². The van der Waals surface area contributed by atoms with E-state index in [0.717, 1.165) is 44.6 Å². The zero-order valence-electron chi connectivity index (χ0n) is 11.8. The van der Waals surface area contributed by atoms with Gasteiger partial charge in [0, 0.05) is 12.4 Å². The number of amides is 1. The standard InChI is InChI=1S/C14H24N4O/c1-3-11(12-16-9-10-17-12)18-13(19)14(4-2)5-7-15-8-6-14/h9-11,15H,3-8H2,1-2H3,(H,16,17)(H,18,19). The summed E-state index contributed by atoms with van der Waals surface area (Å²) in [5.74, 6) is 1.02. The Morgan fingerprint density at radius 1 is 1.47 bits per heavy atom.